The van der Waals surface area contributed by atoms with Crippen molar-refractivity contribution in [2.75, 3.05) is 26.2 Å². The van der Waals surface area contributed by atoms with Crippen molar-refractivity contribution in [1.29, 1.82) is 0 Å². The van der Waals surface area contributed by atoms with Crippen molar-refractivity contribution in [3.8, 4) is 0 Å². The summed E-state index contributed by atoms with van der Waals surface area (Å²) in [4.78, 5) is 6.56. The monoisotopic (exact) mass is 210 g/mol. The molecule has 1 aromatic rings. The molecule has 0 radical (unpaired) electrons. The van der Waals surface area contributed by atoms with Crippen LogP contribution in [-0.2, 0) is 13.5 Å². The fraction of sp³-hybridized carbons (Fsp3) is 0.800. The first-order chi connectivity index (χ1) is 7.28. The lowest BCUT2D eigenvalue weighted by atomic mass is 10.1. The summed E-state index contributed by atoms with van der Waals surface area (Å²) in [5, 5.41) is 13.3. The molecule has 1 aromatic heterocycles. The Kier molecular flexibility index (Phi) is 3.33. The Balaban J connectivity index is 1.75. The van der Waals surface area contributed by atoms with E-state index < -0.39 is 0 Å². The third-order valence-electron chi connectivity index (χ3n) is 2.93. The predicted octanol–water partition coefficient (Wildman–Crippen LogP) is -0.328. The molecule has 84 valence electrons. The van der Waals surface area contributed by atoms with Crippen LogP contribution in [0.3, 0.4) is 0 Å². The highest BCUT2D eigenvalue weighted by Crippen LogP contribution is 2.15. The predicted molar refractivity (Wildman–Crippen MR) is 56.3 cm³/mol. The fourth-order valence-electron chi connectivity index (χ4n) is 2.02. The van der Waals surface area contributed by atoms with Gasteiger partial charge in [-0.15, -0.1) is 0 Å². The van der Waals surface area contributed by atoms with E-state index in [4.69, 9.17) is 5.11 Å². The van der Waals surface area contributed by atoms with Crippen LogP contribution >= 0.6 is 0 Å². The molecule has 1 N–H and O–H groups in total. The van der Waals surface area contributed by atoms with E-state index in [1.807, 2.05) is 7.05 Å². The molecule has 15 heavy (non-hydrogen) atoms. The SMILES string of the molecule is Cn1cnc(CCN2CCC(CO)C2)n1. The lowest BCUT2D eigenvalue weighted by molar-refractivity contribution is 0.222. The van der Waals surface area contributed by atoms with Crippen LogP contribution in [0.4, 0.5) is 0 Å². The minimum absolute atomic E-state index is 0.318. The Morgan fingerprint density at radius 3 is 3.07 bits per heavy atom. The summed E-state index contributed by atoms with van der Waals surface area (Å²) in [6, 6.07) is 0. The normalized spacial score (nSPS) is 22.4. The van der Waals surface area contributed by atoms with Crippen LogP contribution in [0.2, 0.25) is 0 Å². The topological polar surface area (TPSA) is 54.2 Å². The Morgan fingerprint density at radius 2 is 2.47 bits per heavy atom. The van der Waals surface area contributed by atoms with E-state index in [0.29, 0.717) is 12.5 Å². The van der Waals surface area contributed by atoms with Gasteiger partial charge in [-0.2, -0.15) is 5.10 Å². The van der Waals surface area contributed by atoms with Crippen LogP contribution in [0.25, 0.3) is 0 Å². The van der Waals surface area contributed by atoms with Gasteiger partial charge in [0.2, 0.25) is 0 Å². The van der Waals surface area contributed by atoms with Gasteiger partial charge in [0.1, 0.15) is 6.33 Å². The number of aliphatic hydroxyl groups is 1. The van der Waals surface area contributed by atoms with Gasteiger partial charge >= 0.3 is 0 Å². The molecule has 1 saturated heterocycles. The van der Waals surface area contributed by atoms with E-state index in [-0.39, 0.29) is 0 Å². The first-order valence-electron chi connectivity index (χ1n) is 5.45. The first-order valence-corrected chi connectivity index (χ1v) is 5.45. The van der Waals surface area contributed by atoms with E-state index in [1.165, 1.54) is 0 Å². The van der Waals surface area contributed by atoms with Crippen molar-refractivity contribution < 1.29 is 5.11 Å². The second kappa shape index (κ2) is 4.72. The van der Waals surface area contributed by atoms with Gasteiger partial charge < -0.3 is 10.0 Å². The molecule has 0 aliphatic carbocycles. The number of aliphatic hydroxyl groups excluding tert-OH is 1. The van der Waals surface area contributed by atoms with Gasteiger partial charge in [-0.25, -0.2) is 4.98 Å². The van der Waals surface area contributed by atoms with Crippen molar-refractivity contribution in [1.82, 2.24) is 19.7 Å². The zero-order valence-corrected chi connectivity index (χ0v) is 9.13. The van der Waals surface area contributed by atoms with Crippen LogP contribution < -0.4 is 0 Å². The van der Waals surface area contributed by atoms with Gasteiger partial charge in [-0.1, -0.05) is 0 Å². The molecule has 1 aliphatic rings. The number of hydrogen-bond donors (Lipinski definition) is 1. The fourth-order valence-corrected chi connectivity index (χ4v) is 2.02. The molecule has 0 spiro atoms. The molecular weight excluding hydrogens is 192 g/mol. The van der Waals surface area contributed by atoms with E-state index in [2.05, 4.69) is 15.0 Å². The largest absolute Gasteiger partial charge is 0.396 e. The van der Waals surface area contributed by atoms with Gasteiger partial charge in [0, 0.05) is 33.2 Å². The number of nitrogens with zero attached hydrogens (tertiary/aromatic N) is 4. The Bertz CT molecular complexity index is 312. The molecular formula is C10H18N4O. The molecule has 5 nitrogen and oxygen atoms in total. The summed E-state index contributed by atoms with van der Waals surface area (Å²) >= 11 is 0. The van der Waals surface area contributed by atoms with E-state index in [9.17, 15) is 0 Å². The van der Waals surface area contributed by atoms with Crippen molar-refractivity contribution in [2.45, 2.75) is 12.8 Å². The van der Waals surface area contributed by atoms with Crippen LogP contribution in [0.5, 0.6) is 0 Å². The van der Waals surface area contributed by atoms with Gasteiger partial charge in [0.05, 0.1) is 0 Å². The van der Waals surface area contributed by atoms with Gasteiger partial charge in [0.15, 0.2) is 5.82 Å². The Morgan fingerprint density at radius 1 is 1.60 bits per heavy atom. The number of aromatic nitrogens is 3. The number of likely N-dealkylation sites (tertiary alicyclic amines) is 1. The summed E-state index contributed by atoms with van der Waals surface area (Å²) in [5.74, 6) is 1.38. The first kappa shape index (κ1) is 10.6. The van der Waals surface area contributed by atoms with E-state index >= 15 is 0 Å². The van der Waals surface area contributed by atoms with Crippen molar-refractivity contribution >= 4 is 0 Å². The number of hydrogen-bond acceptors (Lipinski definition) is 4. The van der Waals surface area contributed by atoms with Crippen molar-refractivity contribution in [3.63, 3.8) is 0 Å². The average molecular weight is 210 g/mol. The molecule has 0 amide bonds. The molecule has 0 saturated carbocycles. The summed E-state index contributed by atoms with van der Waals surface area (Å²) in [7, 11) is 1.88. The van der Waals surface area contributed by atoms with Crippen molar-refractivity contribution in [2.24, 2.45) is 13.0 Å². The second-order valence-corrected chi connectivity index (χ2v) is 4.22. The highest BCUT2D eigenvalue weighted by molar-refractivity contribution is 4.84. The number of aryl methyl sites for hydroxylation is 1. The minimum Gasteiger partial charge on any atom is -0.396 e. The molecule has 2 heterocycles. The second-order valence-electron chi connectivity index (χ2n) is 4.22. The molecule has 5 heteroatoms. The van der Waals surface area contributed by atoms with Crippen LogP contribution in [0.15, 0.2) is 6.33 Å². The lowest BCUT2D eigenvalue weighted by Gasteiger charge is -2.13. The molecule has 1 fully saturated rings. The molecule has 1 atom stereocenters. The van der Waals surface area contributed by atoms with Crippen LogP contribution in [0, 0.1) is 5.92 Å². The van der Waals surface area contributed by atoms with E-state index in [1.54, 1.807) is 11.0 Å². The van der Waals surface area contributed by atoms with Crippen molar-refractivity contribution in [3.05, 3.63) is 12.2 Å². The molecule has 0 aromatic carbocycles. The minimum atomic E-state index is 0.318. The van der Waals surface area contributed by atoms with Crippen LogP contribution in [-0.4, -0.2) is 51.0 Å². The summed E-state index contributed by atoms with van der Waals surface area (Å²) < 4.78 is 1.73. The molecule has 1 aliphatic heterocycles. The Labute approximate surface area is 89.7 Å². The molecule has 1 unspecified atom stereocenters. The maximum atomic E-state index is 9.02. The lowest BCUT2D eigenvalue weighted by Crippen LogP contribution is -2.24. The van der Waals surface area contributed by atoms with Gasteiger partial charge in [-0.3, -0.25) is 4.68 Å². The smallest absolute Gasteiger partial charge is 0.151 e. The summed E-state index contributed by atoms with van der Waals surface area (Å²) in [6.45, 7) is 3.43. The van der Waals surface area contributed by atoms with Gasteiger partial charge in [-0.05, 0) is 18.9 Å². The third kappa shape index (κ3) is 2.76. The average Bonchev–Trinajstić information content (AvgIpc) is 2.83. The zero-order chi connectivity index (χ0) is 10.7. The highest BCUT2D eigenvalue weighted by Gasteiger charge is 2.21. The molecule has 2 rings (SSSR count). The number of rotatable bonds is 4. The quantitative estimate of drug-likeness (QED) is 0.739. The Hall–Kier alpha value is -0.940. The third-order valence-corrected chi connectivity index (χ3v) is 2.93. The highest BCUT2D eigenvalue weighted by atomic mass is 16.3. The standard InChI is InChI=1S/C10H18N4O/c1-13-8-11-10(12-13)3-5-14-4-2-9(6-14)7-15/h8-9,15H,2-7H2,1H3. The van der Waals surface area contributed by atoms with Gasteiger partial charge in [0.25, 0.3) is 0 Å². The van der Waals surface area contributed by atoms with E-state index in [0.717, 1.165) is 38.3 Å². The molecule has 0 bridgehead atoms. The summed E-state index contributed by atoms with van der Waals surface area (Å²) in [6.07, 6.45) is 3.75. The maximum Gasteiger partial charge on any atom is 0.151 e. The summed E-state index contributed by atoms with van der Waals surface area (Å²) in [5.41, 5.74) is 0. The maximum absolute atomic E-state index is 9.02. The van der Waals surface area contributed by atoms with Crippen LogP contribution in [0.1, 0.15) is 12.2 Å². The zero-order valence-electron chi connectivity index (χ0n) is 9.13.